The zero-order valence-electron chi connectivity index (χ0n) is 18.7. The average Bonchev–Trinajstić information content (AvgIpc) is 3.33. The Labute approximate surface area is 194 Å². The van der Waals surface area contributed by atoms with E-state index in [1.165, 1.54) is 12.5 Å². The predicted octanol–water partition coefficient (Wildman–Crippen LogP) is 5.37. The Morgan fingerprint density at radius 1 is 1.09 bits per heavy atom. The number of hydrogen-bond donors (Lipinski definition) is 1. The molecular weight excluding hydrogens is 438 g/mol. The van der Waals surface area contributed by atoms with Crippen LogP contribution in [0.5, 0.6) is 0 Å². The molecule has 8 heteroatoms. The van der Waals surface area contributed by atoms with Crippen molar-refractivity contribution in [3.63, 3.8) is 0 Å². The van der Waals surface area contributed by atoms with Crippen LogP contribution in [0.15, 0.2) is 59.5 Å². The van der Waals surface area contributed by atoms with E-state index in [0.29, 0.717) is 4.90 Å². The maximum absolute atomic E-state index is 13.4. The lowest BCUT2D eigenvalue weighted by molar-refractivity contribution is -0.384. The van der Waals surface area contributed by atoms with E-state index < -0.39 is 10.0 Å². The van der Waals surface area contributed by atoms with E-state index in [1.807, 2.05) is 18.2 Å². The van der Waals surface area contributed by atoms with Crippen molar-refractivity contribution in [3.8, 4) is 0 Å². The molecule has 33 heavy (non-hydrogen) atoms. The minimum Gasteiger partial charge on any atom is -0.378 e. The predicted molar refractivity (Wildman–Crippen MR) is 128 cm³/mol. The molecule has 7 nitrogen and oxygen atoms in total. The van der Waals surface area contributed by atoms with Crippen LogP contribution in [0.4, 0.5) is 11.4 Å². The number of hydrogen-bond acceptors (Lipinski definition) is 5. The Hall–Kier alpha value is -2.71. The maximum Gasteiger partial charge on any atom is 0.269 e. The zero-order chi connectivity index (χ0) is 23.2. The van der Waals surface area contributed by atoms with E-state index in [1.54, 1.807) is 29.6 Å². The normalized spacial score (nSPS) is 24.8. The van der Waals surface area contributed by atoms with Crippen molar-refractivity contribution < 1.29 is 13.3 Å². The van der Waals surface area contributed by atoms with Gasteiger partial charge in [-0.2, -0.15) is 4.31 Å². The van der Waals surface area contributed by atoms with Gasteiger partial charge in [-0.25, -0.2) is 8.42 Å². The van der Waals surface area contributed by atoms with E-state index in [9.17, 15) is 18.5 Å². The standard InChI is InChI=1S/C25H29N3O4S/c1-27(18-8-3-2-4-9-18)33(31,32)20-13-14-24-23(16-20)21-11-6-12-22(21)25(26-24)17-7-5-10-19(15-17)28(29)30/h5-7,10-11,13-16,18,21-22,25-26H,2-4,8-9,12H2,1H3. The molecule has 1 heterocycles. The summed E-state index contributed by atoms with van der Waals surface area (Å²) in [4.78, 5) is 11.2. The maximum atomic E-state index is 13.4. The minimum atomic E-state index is -3.58. The summed E-state index contributed by atoms with van der Waals surface area (Å²) < 4.78 is 28.4. The summed E-state index contributed by atoms with van der Waals surface area (Å²) in [5, 5.41) is 14.8. The highest BCUT2D eigenvalue weighted by atomic mass is 32.2. The number of rotatable bonds is 5. The largest absolute Gasteiger partial charge is 0.378 e. The summed E-state index contributed by atoms with van der Waals surface area (Å²) in [6.07, 6.45) is 10.3. The van der Waals surface area contributed by atoms with Crippen LogP contribution in [0, 0.1) is 16.0 Å². The smallest absolute Gasteiger partial charge is 0.269 e. The van der Waals surface area contributed by atoms with Gasteiger partial charge >= 0.3 is 0 Å². The monoisotopic (exact) mass is 467 g/mol. The zero-order valence-corrected chi connectivity index (χ0v) is 19.5. The highest BCUT2D eigenvalue weighted by Crippen LogP contribution is 2.50. The van der Waals surface area contributed by atoms with Crippen LogP contribution >= 0.6 is 0 Å². The summed E-state index contributed by atoms with van der Waals surface area (Å²) in [7, 11) is -1.87. The molecule has 2 aromatic rings. The number of nitrogens with one attached hydrogen (secondary N) is 1. The minimum absolute atomic E-state index is 0.0651. The van der Waals surface area contributed by atoms with Crippen molar-refractivity contribution in [2.24, 2.45) is 5.92 Å². The first-order valence-corrected chi connectivity index (χ1v) is 13.1. The van der Waals surface area contributed by atoms with Gasteiger partial charge in [0.2, 0.25) is 10.0 Å². The lowest BCUT2D eigenvalue weighted by atomic mass is 9.77. The van der Waals surface area contributed by atoms with Gasteiger partial charge in [0.05, 0.1) is 15.9 Å². The van der Waals surface area contributed by atoms with Gasteiger partial charge in [-0.05, 0) is 54.5 Å². The van der Waals surface area contributed by atoms with Gasteiger partial charge in [0.15, 0.2) is 0 Å². The van der Waals surface area contributed by atoms with Crippen LogP contribution in [0.3, 0.4) is 0 Å². The van der Waals surface area contributed by atoms with Crippen molar-refractivity contribution in [2.45, 2.75) is 61.4 Å². The van der Waals surface area contributed by atoms with Crippen molar-refractivity contribution in [1.29, 1.82) is 0 Å². The first-order chi connectivity index (χ1) is 15.9. The Balaban J connectivity index is 1.48. The third-order valence-corrected chi connectivity index (χ3v) is 9.45. The number of allylic oxidation sites excluding steroid dienone is 2. The van der Waals surface area contributed by atoms with Gasteiger partial charge in [-0.1, -0.05) is 43.5 Å². The fourth-order valence-corrected chi connectivity index (χ4v) is 7.15. The highest BCUT2D eigenvalue weighted by molar-refractivity contribution is 7.89. The van der Waals surface area contributed by atoms with Crippen LogP contribution in [-0.4, -0.2) is 30.7 Å². The van der Waals surface area contributed by atoms with Crippen LogP contribution < -0.4 is 5.32 Å². The van der Waals surface area contributed by atoms with Crippen LogP contribution in [0.1, 0.15) is 61.6 Å². The number of benzene rings is 2. The molecule has 3 aliphatic rings. The Morgan fingerprint density at radius 2 is 1.88 bits per heavy atom. The van der Waals surface area contributed by atoms with Crippen LogP contribution in [-0.2, 0) is 10.0 Å². The van der Waals surface area contributed by atoms with E-state index in [2.05, 4.69) is 17.5 Å². The molecule has 0 saturated heterocycles. The summed E-state index contributed by atoms with van der Waals surface area (Å²) >= 11 is 0. The summed E-state index contributed by atoms with van der Waals surface area (Å²) in [5.41, 5.74) is 2.82. The van der Waals surface area contributed by atoms with Gasteiger partial charge in [0, 0.05) is 36.8 Å². The number of non-ortho nitro benzene ring substituents is 1. The van der Waals surface area contributed by atoms with Crippen molar-refractivity contribution in [2.75, 3.05) is 12.4 Å². The molecule has 2 aromatic carbocycles. The third kappa shape index (κ3) is 3.95. The Morgan fingerprint density at radius 3 is 2.64 bits per heavy atom. The van der Waals surface area contributed by atoms with E-state index >= 15 is 0 Å². The third-order valence-electron chi connectivity index (χ3n) is 7.54. The van der Waals surface area contributed by atoms with E-state index in [4.69, 9.17) is 0 Å². The first-order valence-electron chi connectivity index (χ1n) is 11.7. The molecule has 1 aliphatic heterocycles. The summed E-state index contributed by atoms with van der Waals surface area (Å²) in [6.45, 7) is 0. The number of anilines is 1. The lowest BCUT2D eigenvalue weighted by Crippen LogP contribution is -2.38. The van der Waals surface area contributed by atoms with E-state index in [0.717, 1.165) is 48.9 Å². The van der Waals surface area contributed by atoms with Gasteiger partial charge in [0.25, 0.3) is 5.69 Å². The fraction of sp³-hybridized carbons (Fsp3) is 0.440. The quantitative estimate of drug-likeness (QED) is 0.362. The number of nitro benzene ring substituents is 1. The van der Waals surface area contributed by atoms with E-state index in [-0.39, 0.29) is 34.5 Å². The summed E-state index contributed by atoms with van der Waals surface area (Å²) in [6, 6.07) is 12.1. The summed E-state index contributed by atoms with van der Waals surface area (Å²) in [5.74, 6) is 0.245. The SMILES string of the molecule is CN(C1CCCCC1)S(=O)(=O)c1ccc2c(c1)C1C=CCC1C(c1cccc([N+](=O)[O-])c1)N2. The first kappa shape index (κ1) is 22.1. The van der Waals surface area contributed by atoms with Crippen molar-refractivity contribution in [1.82, 2.24) is 4.31 Å². The topological polar surface area (TPSA) is 92.5 Å². The molecule has 0 spiro atoms. The molecule has 0 bridgehead atoms. The molecule has 1 fully saturated rings. The second-order valence-electron chi connectivity index (χ2n) is 9.39. The van der Waals surface area contributed by atoms with Crippen LogP contribution in [0.2, 0.25) is 0 Å². The Kier molecular flexibility index (Phi) is 5.74. The molecule has 0 aromatic heterocycles. The highest BCUT2D eigenvalue weighted by Gasteiger charge is 2.39. The molecule has 3 unspecified atom stereocenters. The molecular formula is C25H29N3O4S. The number of fused-ring (bicyclic) bond motifs is 3. The molecule has 5 rings (SSSR count). The molecule has 1 N–H and O–H groups in total. The van der Waals surface area contributed by atoms with Crippen molar-refractivity contribution >= 4 is 21.4 Å². The molecule has 0 radical (unpaired) electrons. The second-order valence-corrected chi connectivity index (χ2v) is 11.4. The van der Waals surface area contributed by atoms with Gasteiger partial charge in [-0.3, -0.25) is 10.1 Å². The molecule has 1 saturated carbocycles. The molecule has 174 valence electrons. The van der Waals surface area contributed by atoms with Crippen LogP contribution in [0.25, 0.3) is 0 Å². The number of sulfonamides is 1. The Bertz CT molecular complexity index is 1200. The number of nitrogens with zero attached hydrogens (tertiary/aromatic N) is 2. The van der Waals surface area contributed by atoms with Gasteiger partial charge in [-0.15, -0.1) is 0 Å². The lowest BCUT2D eigenvalue weighted by Gasteiger charge is -2.38. The number of nitro groups is 1. The van der Waals surface area contributed by atoms with Crippen molar-refractivity contribution in [3.05, 3.63) is 75.9 Å². The molecule has 0 amide bonds. The van der Waals surface area contributed by atoms with Gasteiger partial charge in [0.1, 0.15) is 0 Å². The second kappa shape index (κ2) is 8.57. The van der Waals surface area contributed by atoms with Gasteiger partial charge < -0.3 is 5.32 Å². The fourth-order valence-electron chi connectivity index (χ4n) is 5.70. The average molecular weight is 468 g/mol. The molecule has 3 atom stereocenters. The molecule has 2 aliphatic carbocycles.